The minimum absolute atomic E-state index is 0.0441. The summed E-state index contributed by atoms with van der Waals surface area (Å²) >= 11 is 5.67. The van der Waals surface area contributed by atoms with Crippen molar-refractivity contribution in [3.63, 3.8) is 0 Å². The minimum Gasteiger partial charge on any atom is -0.311 e. The van der Waals surface area contributed by atoms with Crippen LogP contribution < -0.4 is 5.32 Å². The number of hydrogen-bond acceptors (Lipinski definition) is 2. The van der Waals surface area contributed by atoms with Crippen molar-refractivity contribution in [1.29, 1.82) is 0 Å². The van der Waals surface area contributed by atoms with Gasteiger partial charge in [0.25, 0.3) is 0 Å². The normalized spacial score (nSPS) is 11.7. The monoisotopic (exact) mass is 184 g/mol. The third-order valence-corrected chi connectivity index (χ3v) is 2.30. The summed E-state index contributed by atoms with van der Waals surface area (Å²) in [5.74, 6) is 0. The Morgan fingerprint density at radius 1 is 1.42 bits per heavy atom. The van der Waals surface area contributed by atoms with Gasteiger partial charge in [0.2, 0.25) is 0 Å². The molecular weight excluding hydrogens is 172 g/mol. The van der Waals surface area contributed by atoms with E-state index in [-0.39, 0.29) is 5.54 Å². The molecule has 1 heterocycles. The van der Waals surface area contributed by atoms with Crippen LogP contribution in [-0.2, 0) is 5.54 Å². The van der Waals surface area contributed by atoms with Crippen LogP contribution in [0.5, 0.6) is 0 Å². The van der Waals surface area contributed by atoms with E-state index < -0.39 is 0 Å². The molecule has 1 aromatic heterocycles. The summed E-state index contributed by atoms with van der Waals surface area (Å²) in [6.07, 6.45) is 1.79. The van der Waals surface area contributed by atoms with Gasteiger partial charge in [0.15, 0.2) is 0 Å². The Morgan fingerprint density at radius 2 is 2.08 bits per heavy atom. The van der Waals surface area contributed by atoms with Crippen molar-refractivity contribution in [1.82, 2.24) is 10.3 Å². The predicted octanol–water partition coefficient (Wildman–Crippen LogP) is 2.19. The van der Waals surface area contributed by atoms with Gasteiger partial charge in [-0.1, -0.05) is 17.7 Å². The molecule has 12 heavy (non-hydrogen) atoms. The van der Waals surface area contributed by atoms with Crippen LogP contribution in [0.15, 0.2) is 18.3 Å². The lowest BCUT2D eigenvalue weighted by atomic mass is 9.97. The Labute approximate surface area is 78.0 Å². The van der Waals surface area contributed by atoms with Crippen molar-refractivity contribution in [3.05, 3.63) is 29.0 Å². The molecule has 0 fully saturated rings. The molecule has 0 radical (unpaired) electrons. The van der Waals surface area contributed by atoms with Gasteiger partial charge in [0, 0.05) is 11.7 Å². The van der Waals surface area contributed by atoms with E-state index in [2.05, 4.69) is 24.1 Å². The van der Waals surface area contributed by atoms with Crippen LogP contribution in [-0.4, -0.2) is 12.0 Å². The Hall–Kier alpha value is -0.600. The number of hydrogen-bond donors (Lipinski definition) is 1. The lowest BCUT2D eigenvalue weighted by molar-refractivity contribution is 0.443. The topological polar surface area (TPSA) is 24.9 Å². The van der Waals surface area contributed by atoms with E-state index in [1.54, 1.807) is 12.3 Å². The molecule has 3 heteroatoms. The number of nitrogens with one attached hydrogen (secondary N) is 1. The first kappa shape index (κ1) is 9.49. The maximum Gasteiger partial charge on any atom is 0.129 e. The molecule has 0 aliphatic heterocycles. The van der Waals surface area contributed by atoms with Crippen molar-refractivity contribution in [3.8, 4) is 0 Å². The van der Waals surface area contributed by atoms with E-state index >= 15 is 0 Å². The molecule has 1 N–H and O–H groups in total. The third kappa shape index (κ3) is 1.96. The van der Waals surface area contributed by atoms with E-state index in [0.717, 1.165) is 5.56 Å². The molecule has 0 aromatic carbocycles. The smallest absolute Gasteiger partial charge is 0.129 e. The highest BCUT2D eigenvalue weighted by Gasteiger charge is 2.17. The molecule has 0 saturated heterocycles. The van der Waals surface area contributed by atoms with Crippen LogP contribution in [0.2, 0.25) is 5.15 Å². The third-order valence-electron chi connectivity index (χ3n) is 2.07. The molecule has 1 aromatic rings. The SMILES string of the molecule is CNC(C)(C)c1ccc(Cl)nc1. The Morgan fingerprint density at radius 3 is 2.50 bits per heavy atom. The van der Waals surface area contributed by atoms with Gasteiger partial charge >= 0.3 is 0 Å². The van der Waals surface area contributed by atoms with Crippen LogP contribution in [0.1, 0.15) is 19.4 Å². The maximum atomic E-state index is 5.67. The van der Waals surface area contributed by atoms with E-state index in [1.807, 2.05) is 13.1 Å². The highest BCUT2D eigenvalue weighted by molar-refractivity contribution is 6.29. The second-order valence-corrected chi connectivity index (χ2v) is 3.63. The standard InChI is InChI=1S/C9H13ClN2/c1-9(2,11-3)7-4-5-8(10)12-6-7/h4-6,11H,1-3H3. The molecule has 66 valence electrons. The van der Waals surface area contributed by atoms with Gasteiger partial charge in [-0.3, -0.25) is 0 Å². The van der Waals surface area contributed by atoms with Crippen LogP contribution in [0, 0.1) is 0 Å². The molecule has 0 aliphatic carbocycles. The highest BCUT2D eigenvalue weighted by Crippen LogP contribution is 2.19. The number of rotatable bonds is 2. The van der Waals surface area contributed by atoms with E-state index in [4.69, 9.17) is 11.6 Å². The van der Waals surface area contributed by atoms with E-state index in [1.165, 1.54) is 0 Å². The maximum absolute atomic E-state index is 5.67. The first-order valence-corrected chi connectivity index (χ1v) is 4.25. The fraction of sp³-hybridized carbons (Fsp3) is 0.444. The number of nitrogens with zero attached hydrogens (tertiary/aromatic N) is 1. The Balaban J connectivity index is 2.96. The van der Waals surface area contributed by atoms with Crippen molar-refractivity contribution >= 4 is 11.6 Å². The second kappa shape index (κ2) is 3.42. The average molecular weight is 185 g/mol. The molecule has 0 spiro atoms. The second-order valence-electron chi connectivity index (χ2n) is 3.24. The van der Waals surface area contributed by atoms with E-state index in [9.17, 15) is 0 Å². The zero-order valence-corrected chi connectivity index (χ0v) is 8.31. The predicted molar refractivity (Wildman–Crippen MR) is 51.3 cm³/mol. The first-order chi connectivity index (χ1) is 5.56. The lowest BCUT2D eigenvalue weighted by Gasteiger charge is -2.23. The van der Waals surface area contributed by atoms with Gasteiger partial charge < -0.3 is 5.32 Å². The van der Waals surface area contributed by atoms with E-state index in [0.29, 0.717) is 5.15 Å². The summed E-state index contributed by atoms with van der Waals surface area (Å²) < 4.78 is 0. The number of aromatic nitrogens is 1. The van der Waals surface area contributed by atoms with Gasteiger partial charge in [-0.2, -0.15) is 0 Å². The van der Waals surface area contributed by atoms with Crippen LogP contribution in [0.25, 0.3) is 0 Å². The summed E-state index contributed by atoms with van der Waals surface area (Å²) in [6.45, 7) is 4.19. The molecule has 1 rings (SSSR count). The highest BCUT2D eigenvalue weighted by atomic mass is 35.5. The summed E-state index contributed by atoms with van der Waals surface area (Å²) in [5.41, 5.74) is 1.09. The summed E-state index contributed by atoms with van der Waals surface area (Å²) in [5, 5.41) is 3.73. The quantitative estimate of drug-likeness (QED) is 0.713. The zero-order valence-electron chi connectivity index (χ0n) is 7.56. The first-order valence-electron chi connectivity index (χ1n) is 3.87. The zero-order chi connectivity index (χ0) is 9.19. The minimum atomic E-state index is -0.0441. The van der Waals surface area contributed by atoms with Crippen molar-refractivity contribution < 1.29 is 0 Å². The number of halogens is 1. The molecular formula is C9H13ClN2. The van der Waals surface area contributed by atoms with Gasteiger partial charge in [-0.15, -0.1) is 0 Å². The lowest BCUT2D eigenvalue weighted by Crippen LogP contribution is -2.33. The van der Waals surface area contributed by atoms with Gasteiger partial charge in [-0.25, -0.2) is 4.98 Å². The molecule has 0 aliphatic rings. The number of pyridine rings is 1. The van der Waals surface area contributed by atoms with Crippen molar-refractivity contribution in [2.24, 2.45) is 0 Å². The van der Waals surface area contributed by atoms with Gasteiger partial charge in [-0.05, 0) is 32.5 Å². The molecule has 0 atom stereocenters. The molecule has 0 bridgehead atoms. The summed E-state index contributed by atoms with van der Waals surface area (Å²) in [7, 11) is 1.93. The Kier molecular flexibility index (Phi) is 2.70. The Bertz CT molecular complexity index is 254. The van der Waals surface area contributed by atoms with Gasteiger partial charge in [0.05, 0.1) is 0 Å². The largest absolute Gasteiger partial charge is 0.311 e. The fourth-order valence-electron chi connectivity index (χ4n) is 0.890. The molecule has 0 amide bonds. The van der Waals surface area contributed by atoms with Crippen LogP contribution in [0.4, 0.5) is 0 Å². The fourth-order valence-corrected chi connectivity index (χ4v) is 1.00. The van der Waals surface area contributed by atoms with Crippen LogP contribution in [0.3, 0.4) is 0 Å². The van der Waals surface area contributed by atoms with Crippen LogP contribution >= 0.6 is 11.6 Å². The summed E-state index contributed by atoms with van der Waals surface area (Å²) in [4.78, 5) is 4.02. The average Bonchev–Trinajstić information content (AvgIpc) is 2.05. The molecule has 2 nitrogen and oxygen atoms in total. The van der Waals surface area contributed by atoms with Gasteiger partial charge in [0.1, 0.15) is 5.15 Å². The molecule has 0 saturated carbocycles. The molecule has 0 unspecified atom stereocenters. The van der Waals surface area contributed by atoms with Crippen molar-refractivity contribution in [2.45, 2.75) is 19.4 Å². The van der Waals surface area contributed by atoms with Crippen molar-refractivity contribution in [2.75, 3.05) is 7.05 Å². The summed E-state index contributed by atoms with van der Waals surface area (Å²) in [6, 6.07) is 3.78.